The third-order valence-corrected chi connectivity index (χ3v) is 4.84. The number of anilines is 1. The summed E-state index contributed by atoms with van der Waals surface area (Å²) in [5.74, 6) is -0.189. The molecule has 0 aliphatic heterocycles. The molecule has 2 aromatic carbocycles. The summed E-state index contributed by atoms with van der Waals surface area (Å²) in [6.07, 6.45) is 0. The van der Waals surface area contributed by atoms with Crippen molar-refractivity contribution in [1.82, 2.24) is 5.32 Å². The summed E-state index contributed by atoms with van der Waals surface area (Å²) in [7, 11) is 0. The second kappa shape index (κ2) is 8.76. The highest BCUT2D eigenvalue weighted by molar-refractivity contribution is 8.00. The van der Waals surface area contributed by atoms with Crippen LogP contribution in [-0.4, -0.2) is 17.1 Å². The summed E-state index contributed by atoms with van der Waals surface area (Å²) in [4.78, 5) is 24.2. The Hall–Kier alpha value is -1.98. The Balaban J connectivity index is 1.90. The van der Waals surface area contributed by atoms with Gasteiger partial charge in [0.15, 0.2) is 0 Å². The monoisotopic (exact) mass is 362 g/mol. The standard InChI is InChI=1S/C18H19ClN2O2S/c1-12(24-17-9-4-3-8-16(17)19)18(23)20-11-14-6-5-7-15(10-14)21-13(2)22/h3-10,12H,11H2,1-2H3,(H,20,23)(H,21,22)/t12-/m1/s1. The number of benzene rings is 2. The summed E-state index contributed by atoms with van der Waals surface area (Å²) in [6.45, 7) is 3.71. The smallest absolute Gasteiger partial charge is 0.233 e. The number of hydrogen-bond acceptors (Lipinski definition) is 3. The molecule has 0 aromatic heterocycles. The first-order valence-corrected chi connectivity index (χ1v) is 8.77. The van der Waals surface area contributed by atoms with E-state index in [9.17, 15) is 9.59 Å². The zero-order chi connectivity index (χ0) is 17.5. The second-order valence-corrected chi connectivity index (χ2v) is 7.08. The van der Waals surface area contributed by atoms with Crippen LogP contribution in [0.25, 0.3) is 0 Å². The minimum absolute atomic E-state index is 0.0650. The molecule has 2 amide bonds. The van der Waals surface area contributed by atoms with Crippen molar-refractivity contribution in [3.63, 3.8) is 0 Å². The maximum Gasteiger partial charge on any atom is 0.233 e. The third kappa shape index (κ3) is 5.58. The topological polar surface area (TPSA) is 58.2 Å². The molecule has 0 fully saturated rings. The second-order valence-electron chi connectivity index (χ2n) is 5.29. The van der Waals surface area contributed by atoms with Crippen LogP contribution in [0.1, 0.15) is 19.4 Å². The van der Waals surface area contributed by atoms with Crippen LogP contribution >= 0.6 is 23.4 Å². The lowest BCUT2D eigenvalue weighted by Crippen LogP contribution is -2.30. The Kier molecular flexibility index (Phi) is 6.70. The molecule has 2 aromatic rings. The van der Waals surface area contributed by atoms with Crippen LogP contribution in [0.15, 0.2) is 53.4 Å². The minimum Gasteiger partial charge on any atom is -0.351 e. The van der Waals surface area contributed by atoms with Crippen molar-refractivity contribution in [3.8, 4) is 0 Å². The van der Waals surface area contributed by atoms with Crippen molar-refractivity contribution in [2.45, 2.75) is 30.5 Å². The van der Waals surface area contributed by atoms with Crippen molar-refractivity contribution in [1.29, 1.82) is 0 Å². The highest BCUT2D eigenvalue weighted by Crippen LogP contribution is 2.30. The average molecular weight is 363 g/mol. The highest BCUT2D eigenvalue weighted by atomic mass is 35.5. The van der Waals surface area contributed by atoms with Gasteiger partial charge in [0.2, 0.25) is 11.8 Å². The molecule has 0 aliphatic carbocycles. The average Bonchev–Trinajstić information content (AvgIpc) is 2.54. The van der Waals surface area contributed by atoms with Crippen LogP contribution in [0.2, 0.25) is 5.02 Å². The maximum absolute atomic E-state index is 12.2. The number of halogens is 1. The molecular formula is C18H19ClN2O2S. The van der Waals surface area contributed by atoms with Gasteiger partial charge in [-0.3, -0.25) is 9.59 Å². The molecule has 0 spiro atoms. The number of carbonyl (C=O) groups excluding carboxylic acids is 2. The molecule has 126 valence electrons. The summed E-state index contributed by atoms with van der Waals surface area (Å²) in [5.41, 5.74) is 1.64. The van der Waals surface area contributed by atoms with Gasteiger partial charge in [-0.05, 0) is 36.8 Å². The van der Waals surface area contributed by atoms with E-state index in [2.05, 4.69) is 10.6 Å². The van der Waals surface area contributed by atoms with Crippen molar-refractivity contribution in [2.24, 2.45) is 0 Å². The van der Waals surface area contributed by atoms with Gasteiger partial charge in [-0.2, -0.15) is 0 Å². The molecule has 24 heavy (non-hydrogen) atoms. The van der Waals surface area contributed by atoms with Gasteiger partial charge in [0.05, 0.1) is 10.3 Å². The number of nitrogens with one attached hydrogen (secondary N) is 2. The molecule has 1 atom stereocenters. The molecule has 0 aliphatic rings. The van der Waals surface area contributed by atoms with Crippen molar-refractivity contribution < 1.29 is 9.59 Å². The van der Waals surface area contributed by atoms with E-state index in [0.717, 1.165) is 10.5 Å². The van der Waals surface area contributed by atoms with E-state index in [1.54, 1.807) is 0 Å². The van der Waals surface area contributed by atoms with E-state index >= 15 is 0 Å². The first-order valence-electron chi connectivity index (χ1n) is 7.51. The Bertz CT molecular complexity index is 736. The molecule has 4 nitrogen and oxygen atoms in total. The Morgan fingerprint density at radius 3 is 2.62 bits per heavy atom. The van der Waals surface area contributed by atoms with Gasteiger partial charge in [0.1, 0.15) is 0 Å². The van der Waals surface area contributed by atoms with Crippen LogP contribution in [0.4, 0.5) is 5.69 Å². The zero-order valence-corrected chi connectivity index (χ0v) is 15.1. The molecule has 0 saturated heterocycles. The van der Waals surface area contributed by atoms with Crippen molar-refractivity contribution in [3.05, 3.63) is 59.1 Å². The molecule has 0 saturated carbocycles. The van der Waals surface area contributed by atoms with Crippen molar-refractivity contribution in [2.75, 3.05) is 5.32 Å². The normalized spacial score (nSPS) is 11.6. The number of amides is 2. The fraction of sp³-hybridized carbons (Fsp3) is 0.222. The van der Waals surface area contributed by atoms with E-state index in [1.807, 2.05) is 55.5 Å². The summed E-state index contributed by atoms with van der Waals surface area (Å²) >= 11 is 7.54. The van der Waals surface area contributed by atoms with Gasteiger partial charge < -0.3 is 10.6 Å². The highest BCUT2D eigenvalue weighted by Gasteiger charge is 2.15. The quantitative estimate of drug-likeness (QED) is 0.761. The van der Waals surface area contributed by atoms with E-state index in [1.165, 1.54) is 18.7 Å². The summed E-state index contributed by atoms with van der Waals surface area (Å²) in [5, 5.41) is 6.01. The number of hydrogen-bond donors (Lipinski definition) is 2. The lowest BCUT2D eigenvalue weighted by Gasteiger charge is -2.13. The number of carbonyl (C=O) groups is 2. The molecule has 0 heterocycles. The van der Waals surface area contributed by atoms with Gasteiger partial charge in [-0.1, -0.05) is 35.9 Å². The van der Waals surface area contributed by atoms with Crippen LogP contribution in [0.5, 0.6) is 0 Å². The molecule has 2 N–H and O–H groups in total. The molecule has 0 bridgehead atoms. The van der Waals surface area contributed by atoms with E-state index in [-0.39, 0.29) is 17.1 Å². The maximum atomic E-state index is 12.2. The van der Waals surface area contributed by atoms with Crippen LogP contribution in [-0.2, 0) is 16.1 Å². The number of thioether (sulfide) groups is 1. The lowest BCUT2D eigenvalue weighted by atomic mass is 10.2. The fourth-order valence-corrected chi connectivity index (χ4v) is 3.26. The molecular weight excluding hydrogens is 344 g/mol. The molecule has 2 rings (SSSR count). The summed E-state index contributed by atoms with van der Waals surface area (Å²) in [6, 6.07) is 14.9. The van der Waals surface area contributed by atoms with Gasteiger partial charge in [-0.25, -0.2) is 0 Å². The van der Waals surface area contributed by atoms with E-state index in [0.29, 0.717) is 17.3 Å². The predicted octanol–water partition coefficient (Wildman–Crippen LogP) is 4.10. The van der Waals surface area contributed by atoms with Crippen molar-refractivity contribution >= 4 is 40.9 Å². The number of rotatable bonds is 6. The summed E-state index contributed by atoms with van der Waals surface area (Å²) < 4.78 is 0. The van der Waals surface area contributed by atoms with Gasteiger partial charge in [0.25, 0.3) is 0 Å². The van der Waals surface area contributed by atoms with Gasteiger partial charge >= 0.3 is 0 Å². The van der Waals surface area contributed by atoms with Gasteiger partial charge in [0, 0.05) is 24.1 Å². The van der Waals surface area contributed by atoms with Gasteiger partial charge in [-0.15, -0.1) is 11.8 Å². The SMILES string of the molecule is CC(=O)Nc1cccc(CNC(=O)[C@@H](C)Sc2ccccc2Cl)c1. The van der Waals surface area contributed by atoms with Crippen LogP contribution in [0.3, 0.4) is 0 Å². The third-order valence-electron chi connectivity index (χ3n) is 3.22. The first-order chi connectivity index (χ1) is 11.5. The Labute approximate surface area is 151 Å². The Morgan fingerprint density at radius 1 is 1.17 bits per heavy atom. The lowest BCUT2D eigenvalue weighted by molar-refractivity contribution is -0.120. The van der Waals surface area contributed by atoms with E-state index in [4.69, 9.17) is 11.6 Å². The fourth-order valence-electron chi connectivity index (χ4n) is 2.08. The van der Waals surface area contributed by atoms with Crippen LogP contribution < -0.4 is 10.6 Å². The van der Waals surface area contributed by atoms with E-state index < -0.39 is 0 Å². The zero-order valence-electron chi connectivity index (χ0n) is 13.5. The largest absolute Gasteiger partial charge is 0.351 e. The first kappa shape index (κ1) is 18.4. The predicted molar refractivity (Wildman–Crippen MR) is 99.4 cm³/mol. The Morgan fingerprint density at radius 2 is 1.92 bits per heavy atom. The molecule has 6 heteroatoms. The molecule has 0 unspecified atom stereocenters. The minimum atomic E-state index is -0.261. The van der Waals surface area contributed by atoms with Crippen LogP contribution in [0, 0.1) is 0 Å². The molecule has 0 radical (unpaired) electrons.